The molecule has 3 unspecified atom stereocenters. The van der Waals surface area contributed by atoms with Crippen molar-refractivity contribution < 1.29 is 0 Å². The lowest BCUT2D eigenvalue weighted by atomic mass is 10.0. The predicted octanol–water partition coefficient (Wildman–Crippen LogP) is 1.77. The van der Waals surface area contributed by atoms with E-state index in [4.69, 9.17) is 17.4 Å². The monoisotopic (exact) mass is 225 g/mol. The van der Waals surface area contributed by atoms with Crippen LogP contribution in [0.15, 0.2) is 18.5 Å². The third-order valence-electron chi connectivity index (χ3n) is 3.20. The first kappa shape index (κ1) is 10.9. The van der Waals surface area contributed by atoms with E-state index in [1.807, 2.05) is 6.07 Å². The van der Waals surface area contributed by atoms with Gasteiger partial charge in [0.1, 0.15) is 0 Å². The minimum absolute atomic E-state index is 0.333. The minimum Gasteiger partial charge on any atom is -0.271 e. The van der Waals surface area contributed by atoms with Gasteiger partial charge in [-0.1, -0.05) is 18.5 Å². The molecule has 3 nitrogen and oxygen atoms in total. The topological polar surface area (TPSA) is 50.9 Å². The second-order valence-electron chi connectivity index (χ2n) is 4.32. The Morgan fingerprint density at radius 3 is 3.00 bits per heavy atom. The first-order valence-corrected chi connectivity index (χ1v) is 5.64. The van der Waals surface area contributed by atoms with Crippen LogP contribution >= 0.6 is 11.6 Å². The molecule has 0 radical (unpaired) electrons. The van der Waals surface area contributed by atoms with Gasteiger partial charge in [-0.25, -0.2) is 0 Å². The normalized spacial score (nSPS) is 26.3. The van der Waals surface area contributed by atoms with Gasteiger partial charge in [0.05, 0.1) is 5.02 Å². The second kappa shape index (κ2) is 4.47. The lowest BCUT2D eigenvalue weighted by Crippen LogP contribution is -2.39. The van der Waals surface area contributed by atoms with Crippen molar-refractivity contribution in [1.82, 2.24) is 10.4 Å². The molecule has 3 atom stereocenters. The molecule has 0 bridgehead atoms. The van der Waals surface area contributed by atoms with Crippen molar-refractivity contribution in [3.05, 3.63) is 29.0 Å². The summed E-state index contributed by atoms with van der Waals surface area (Å²) in [6.07, 6.45) is 5.59. The van der Waals surface area contributed by atoms with Crippen LogP contribution in [0.2, 0.25) is 5.02 Å². The Morgan fingerprint density at radius 1 is 1.73 bits per heavy atom. The zero-order valence-corrected chi connectivity index (χ0v) is 9.54. The summed E-state index contributed by atoms with van der Waals surface area (Å²) in [5, 5.41) is 0.728. The number of hydrogen-bond acceptors (Lipinski definition) is 3. The Balaban J connectivity index is 2.03. The summed E-state index contributed by atoms with van der Waals surface area (Å²) in [5.41, 5.74) is 4.01. The van der Waals surface area contributed by atoms with Crippen LogP contribution in [0.1, 0.15) is 18.9 Å². The van der Waals surface area contributed by atoms with Gasteiger partial charge in [0.15, 0.2) is 0 Å². The molecule has 15 heavy (non-hydrogen) atoms. The average Bonchev–Trinajstić information content (AvgIpc) is 2.94. The van der Waals surface area contributed by atoms with Crippen LogP contribution in [0.5, 0.6) is 0 Å². The van der Waals surface area contributed by atoms with Crippen molar-refractivity contribution in [3.63, 3.8) is 0 Å². The summed E-state index contributed by atoms with van der Waals surface area (Å²) in [5.74, 6) is 7.04. The van der Waals surface area contributed by atoms with Crippen molar-refractivity contribution in [3.8, 4) is 0 Å². The number of nitrogens with two attached hydrogens (primary N) is 1. The first-order chi connectivity index (χ1) is 7.22. The Labute approximate surface area is 95.0 Å². The molecule has 1 aromatic rings. The zero-order valence-electron chi connectivity index (χ0n) is 8.78. The molecule has 0 saturated heterocycles. The van der Waals surface area contributed by atoms with E-state index in [1.54, 1.807) is 12.4 Å². The van der Waals surface area contributed by atoms with E-state index in [2.05, 4.69) is 17.3 Å². The summed E-state index contributed by atoms with van der Waals surface area (Å²) in [6.45, 7) is 2.25. The summed E-state index contributed by atoms with van der Waals surface area (Å²) in [4.78, 5) is 3.97. The molecule has 1 fully saturated rings. The molecule has 2 rings (SSSR count). The number of aromatic nitrogens is 1. The molecule has 1 saturated carbocycles. The van der Waals surface area contributed by atoms with Crippen molar-refractivity contribution in [2.24, 2.45) is 17.7 Å². The van der Waals surface area contributed by atoms with Crippen LogP contribution in [0.4, 0.5) is 0 Å². The highest BCUT2D eigenvalue weighted by molar-refractivity contribution is 6.31. The van der Waals surface area contributed by atoms with Crippen molar-refractivity contribution in [2.75, 3.05) is 0 Å². The molecule has 0 amide bonds. The molecular weight excluding hydrogens is 210 g/mol. The van der Waals surface area contributed by atoms with Crippen LogP contribution in [0.3, 0.4) is 0 Å². The van der Waals surface area contributed by atoms with E-state index in [1.165, 1.54) is 6.42 Å². The van der Waals surface area contributed by atoms with Gasteiger partial charge < -0.3 is 0 Å². The summed E-state index contributed by atoms with van der Waals surface area (Å²) in [7, 11) is 0. The Kier molecular flexibility index (Phi) is 3.24. The number of nitrogens with zero attached hydrogens (tertiary/aromatic N) is 1. The zero-order chi connectivity index (χ0) is 10.8. The Bertz CT molecular complexity index is 342. The third kappa shape index (κ3) is 2.48. The molecular formula is C11H16ClN3. The van der Waals surface area contributed by atoms with E-state index in [0.29, 0.717) is 12.0 Å². The van der Waals surface area contributed by atoms with Crippen molar-refractivity contribution in [1.29, 1.82) is 0 Å². The predicted molar refractivity (Wildman–Crippen MR) is 61.3 cm³/mol. The van der Waals surface area contributed by atoms with Crippen LogP contribution in [0.25, 0.3) is 0 Å². The maximum atomic E-state index is 6.06. The van der Waals surface area contributed by atoms with Gasteiger partial charge in [0, 0.05) is 18.4 Å². The molecule has 1 aliphatic carbocycles. The SMILES string of the molecule is CC1CC1C(Cc1ccncc1Cl)NN. The van der Waals surface area contributed by atoms with Gasteiger partial charge >= 0.3 is 0 Å². The quantitative estimate of drug-likeness (QED) is 0.607. The van der Waals surface area contributed by atoms with Gasteiger partial charge in [-0.2, -0.15) is 0 Å². The number of hydrazine groups is 1. The highest BCUT2D eigenvalue weighted by Gasteiger charge is 2.38. The highest BCUT2D eigenvalue weighted by atomic mass is 35.5. The smallest absolute Gasteiger partial charge is 0.0621 e. The van der Waals surface area contributed by atoms with Crippen molar-refractivity contribution >= 4 is 11.6 Å². The fourth-order valence-corrected chi connectivity index (χ4v) is 2.25. The fraction of sp³-hybridized carbons (Fsp3) is 0.545. The number of rotatable bonds is 4. The molecule has 3 N–H and O–H groups in total. The van der Waals surface area contributed by atoms with Gasteiger partial charge in [-0.15, -0.1) is 0 Å². The number of pyridine rings is 1. The largest absolute Gasteiger partial charge is 0.271 e. The minimum atomic E-state index is 0.333. The Hall–Kier alpha value is -0.640. The summed E-state index contributed by atoms with van der Waals surface area (Å²) < 4.78 is 0. The Morgan fingerprint density at radius 2 is 2.47 bits per heavy atom. The molecule has 0 spiro atoms. The molecule has 1 aromatic heterocycles. The van der Waals surface area contributed by atoms with Crippen LogP contribution < -0.4 is 11.3 Å². The molecule has 4 heteroatoms. The van der Waals surface area contributed by atoms with E-state index in [9.17, 15) is 0 Å². The maximum Gasteiger partial charge on any atom is 0.0621 e. The van der Waals surface area contributed by atoms with Crippen LogP contribution in [-0.2, 0) is 6.42 Å². The van der Waals surface area contributed by atoms with E-state index in [-0.39, 0.29) is 0 Å². The van der Waals surface area contributed by atoms with Gasteiger partial charge in [0.25, 0.3) is 0 Å². The molecule has 0 aromatic carbocycles. The second-order valence-corrected chi connectivity index (χ2v) is 4.73. The molecule has 82 valence electrons. The lowest BCUT2D eigenvalue weighted by molar-refractivity contribution is 0.454. The summed E-state index contributed by atoms with van der Waals surface area (Å²) in [6, 6.07) is 2.29. The van der Waals surface area contributed by atoms with Crippen LogP contribution in [0, 0.1) is 11.8 Å². The third-order valence-corrected chi connectivity index (χ3v) is 3.54. The maximum absolute atomic E-state index is 6.06. The van der Waals surface area contributed by atoms with Crippen molar-refractivity contribution in [2.45, 2.75) is 25.8 Å². The number of hydrogen-bond donors (Lipinski definition) is 2. The highest BCUT2D eigenvalue weighted by Crippen LogP contribution is 2.41. The first-order valence-electron chi connectivity index (χ1n) is 5.27. The average molecular weight is 226 g/mol. The fourth-order valence-electron chi connectivity index (χ4n) is 2.05. The standard InChI is InChI=1S/C11H16ClN3/c1-7-4-9(7)11(15-13)5-8-2-3-14-6-10(8)12/h2-3,6-7,9,11,15H,4-5,13H2,1H3. The molecule has 1 heterocycles. The van der Waals surface area contributed by atoms with Gasteiger partial charge in [-0.05, 0) is 36.3 Å². The van der Waals surface area contributed by atoms with Crippen LogP contribution in [-0.4, -0.2) is 11.0 Å². The van der Waals surface area contributed by atoms with E-state index < -0.39 is 0 Å². The summed E-state index contributed by atoms with van der Waals surface area (Å²) >= 11 is 6.06. The van der Waals surface area contributed by atoms with Gasteiger partial charge in [-0.3, -0.25) is 16.3 Å². The number of nitrogens with one attached hydrogen (secondary N) is 1. The van der Waals surface area contributed by atoms with Gasteiger partial charge in [0.2, 0.25) is 0 Å². The van der Waals surface area contributed by atoms with E-state index in [0.717, 1.165) is 22.9 Å². The number of halogens is 1. The molecule has 1 aliphatic rings. The lowest BCUT2D eigenvalue weighted by Gasteiger charge is -2.16. The van der Waals surface area contributed by atoms with E-state index >= 15 is 0 Å². The molecule has 0 aliphatic heterocycles.